The Balaban J connectivity index is 1.41. The smallest absolute Gasteiger partial charge is 0.261 e. The molecule has 0 radical (unpaired) electrons. The highest BCUT2D eigenvalue weighted by molar-refractivity contribution is 7.98. The second kappa shape index (κ2) is 5.54. The van der Waals surface area contributed by atoms with Gasteiger partial charge in [0.25, 0.3) is 11.8 Å². The van der Waals surface area contributed by atoms with Gasteiger partial charge >= 0.3 is 0 Å². The van der Waals surface area contributed by atoms with Gasteiger partial charge in [-0.25, -0.2) is 4.40 Å². The molecule has 0 aromatic heterocycles. The van der Waals surface area contributed by atoms with Crippen molar-refractivity contribution in [3.8, 4) is 0 Å². The first-order valence-electron chi connectivity index (χ1n) is 7.92. The van der Waals surface area contributed by atoms with E-state index in [-0.39, 0.29) is 11.8 Å². The average Bonchev–Trinajstić information content (AvgIpc) is 3.10. The normalized spacial score (nSPS) is 26.9. The van der Waals surface area contributed by atoms with Gasteiger partial charge in [0.2, 0.25) is 0 Å². The first-order valence-corrected chi connectivity index (χ1v) is 8.75. The third kappa shape index (κ3) is 2.28. The van der Waals surface area contributed by atoms with Crippen molar-refractivity contribution in [1.82, 2.24) is 4.90 Å². The summed E-state index contributed by atoms with van der Waals surface area (Å²) in [7, 11) is 0. The van der Waals surface area contributed by atoms with Crippen molar-refractivity contribution in [3.63, 3.8) is 0 Å². The number of carbonyl (C=O) groups excluding carboxylic acids is 2. The molecule has 1 fully saturated rings. The molecule has 0 saturated heterocycles. The number of nitrogens with zero attached hydrogens (tertiary/aromatic N) is 2. The summed E-state index contributed by atoms with van der Waals surface area (Å²) in [5, 5.41) is 0.427. The highest BCUT2D eigenvalue weighted by atomic mass is 32.2. The summed E-state index contributed by atoms with van der Waals surface area (Å²) in [6.07, 6.45) is 5.65. The van der Waals surface area contributed by atoms with E-state index in [0.717, 1.165) is 19.3 Å². The van der Waals surface area contributed by atoms with Crippen LogP contribution in [-0.2, 0) is 0 Å². The molecule has 0 spiro atoms. The lowest BCUT2D eigenvalue weighted by Crippen LogP contribution is -2.33. The van der Waals surface area contributed by atoms with Gasteiger partial charge in [-0.05, 0) is 62.1 Å². The molecule has 1 aromatic carbocycles. The van der Waals surface area contributed by atoms with Crippen LogP contribution in [0.5, 0.6) is 0 Å². The Morgan fingerprint density at radius 1 is 1.18 bits per heavy atom. The summed E-state index contributed by atoms with van der Waals surface area (Å²) in [6, 6.07) is 7.09. The molecule has 2 aliphatic heterocycles. The number of amides is 2. The van der Waals surface area contributed by atoms with Gasteiger partial charge in [0, 0.05) is 17.5 Å². The number of hydrogen-bond donors (Lipinski definition) is 0. The van der Waals surface area contributed by atoms with Crippen LogP contribution in [0.15, 0.2) is 28.7 Å². The van der Waals surface area contributed by atoms with E-state index in [1.807, 2.05) is 0 Å². The predicted octanol–water partition coefficient (Wildman–Crippen LogP) is 3.33. The fourth-order valence-electron chi connectivity index (χ4n) is 3.66. The molecule has 22 heavy (non-hydrogen) atoms. The lowest BCUT2D eigenvalue weighted by Gasteiger charge is -2.25. The Morgan fingerprint density at radius 2 is 1.91 bits per heavy atom. The zero-order valence-corrected chi connectivity index (χ0v) is 13.1. The van der Waals surface area contributed by atoms with E-state index in [9.17, 15) is 9.59 Å². The first kappa shape index (κ1) is 14.0. The quantitative estimate of drug-likeness (QED) is 0.635. The van der Waals surface area contributed by atoms with Crippen LogP contribution in [-0.4, -0.2) is 34.2 Å². The summed E-state index contributed by atoms with van der Waals surface area (Å²) in [5.41, 5.74) is 2.46. The van der Waals surface area contributed by atoms with Gasteiger partial charge in [-0.15, -0.1) is 0 Å². The van der Waals surface area contributed by atoms with E-state index in [0.29, 0.717) is 28.8 Å². The third-order valence-corrected chi connectivity index (χ3v) is 5.94. The second-order valence-corrected chi connectivity index (χ2v) is 7.29. The van der Waals surface area contributed by atoms with Crippen molar-refractivity contribution in [1.29, 1.82) is 0 Å². The van der Waals surface area contributed by atoms with Crippen LogP contribution in [0, 0.1) is 5.92 Å². The van der Waals surface area contributed by atoms with E-state index in [4.69, 9.17) is 0 Å². The van der Waals surface area contributed by atoms with E-state index in [2.05, 4.69) is 4.40 Å². The van der Waals surface area contributed by atoms with Crippen LogP contribution >= 0.6 is 11.9 Å². The molecule has 1 aliphatic carbocycles. The summed E-state index contributed by atoms with van der Waals surface area (Å²) in [6.45, 7) is 0.502. The largest absolute Gasteiger partial charge is 0.274 e. The van der Waals surface area contributed by atoms with Crippen molar-refractivity contribution >= 4 is 29.5 Å². The summed E-state index contributed by atoms with van der Waals surface area (Å²) >= 11 is 1.65. The molecule has 0 N–H and O–H groups in total. The van der Waals surface area contributed by atoms with Gasteiger partial charge in [-0.3, -0.25) is 14.5 Å². The van der Waals surface area contributed by atoms with E-state index in [1.165, 1.54) is 23.5 Å². The van der Waals surface area contributed by atoms with Gasteiger partial charge in [0.1, 0.15) is 0 Å². The van der Waals surface area contributed by atoms with Crippen molar-refractivity contribution in [2.75, 3.05) is 6.54 Å². The standard InChI is InChI=1S/C17H18N2O2S/c20-16-13-5-1-2-6-14(13)17(21)19(16)9-8-12-10-11-4-3-7-15(11)18-22-12/h1-2,5-6,11-12H,3-4,7-10H2. The molecule has 1 saturated carbocycles. The maximum atomic E-state index is 12.3. The van der Waals surface area contributed by atoms with Crippen LogP contribution in [0.3, 0.4) is 0 Å². The maximum absolute atomic E-state index is 12.3. The molecular weight excluding hydrogens is 296 g/mol. The van der Waals surface area contributed by atoms with Gasteiger partial charge < -0.3 is 0 Å². The molecule has 0 bridgehead atoms. The van der Waals surface area contributed by atoms with Gasteiger partial charge in [-0.2, -0.15) is 0 Å². The minimum absolute atomic E-state index is 0.147. The molecule has 2 atom stereocenters. The molecule has 2 amide bonds. The highest BCUT2D eigenvalue weighted by Gasteiger charge is 2.36. The Hall–Kier alpha value is -1.62. The third-order valence-electron chi connectivity index (χ3n) is 4.88. The molecule has 3 aliphatic rings. The summed E-state index contributed by atoms with van der Waals surface area (Å²) in [4.78, 5) is 26.1. The van der Waals surface area contributed by atoms with E-state index >= 15 is 0 Å². The second-order valence-electron chi connectivity index (χ2n) is 6.23. The monoisotopic (exact) mass is 314 g/mol. The van der Waals surface area contributed by atoms with Crippen molar-refractivity contribution in [3.05, 3.63) is 35.4 Å². The number of hydrogen-bond acceptors (Lipinski definition) is 4. The van der Waals surface area contributed by atoms with Gasteiger partial charge in [0.15, 0.2) is 0 Å². The van der Waals surface area contributed by atoms with E-state index in [1.54, 1.807) is 36.2 Å². The van der Waals surface area contributed by atoms with Crippen LogP contribution < -0.4 is 0 Å². The number of fused-ring (bicyclic) bond motifs is 2. The Bertz CT molecular complexity index is 635. The van der Waals surface area contributed by atoms with Crippen LogP contribution in [0.4, 0.5) is 0 Å². The Labute approximate surface area is 134 Å². The zero-order chi connectivity index (χ0) is 15.1. The molecular formula is C17H18N2O2S. The highest BCUT2D eigenvalue weighted by Crippen LogP contribution is 2.38. The number of rotatable bonds is 3. The molecule has 1 aromatic rings. The number of imide groups is 1. The molecule has 5 heteroatoms. The van der Waals surface area contributed by atoms with Crippen LogP contribution in [0.1, 0.15) is 52.8 Å². The van der Waals surface area contributed by atoms with Gasteiger partial charge in [-0.1, -0.05) is 12.1 Å². The van der Waals surface area contributed by atoms with Crippen LogP contribution in [0.25, 0.3) is 0 Å². The molecule has 2 unspecified atom stereocenters. The average molecular weight is 314 g/mol. The minimum atomic E-state index is -0.147. The summed E-state index contributed by atoms with van der Waals surface area (Å²) < 4.78 is 4.64. The lowest BCUT2D eigenvalue weighted by molar-refractivity contribution is 0.0652. The topological polar surface area (TPSA) is 49.7 Å². The van der Waals surface area contributed by atoms with Crippen molar-refractivity contribution in [2.45, 2.75) is 37.4 Å². The maximum Gasteiger partial charge on any atom is 0.261 e. The predicted molar refractivity (Wildman–Crippen MR) is 87.2 cm³/mol. The lowest BCUT2D eigenvalue weighted by atomic mass is 9.98. The zero-order valence-electron chi connectivity index (χ0n) is 12.3. The molecule has 4 nitrogen and oxygen atoms in total. The molecule has 4 rings (SSSR count). The van der Waals surface area contributed by atoms with Crippen molar-refractivity contribution < 1.29 is 9.59 Å². The molecule has 114 valence electrons. The number of carbonyl (C=O) groups is 2. The SMILES string of the molecule is O=C1c2ccccc2C(=O)N1CCC1CC2CCCC2=NS1. The minimum Gasteiger partial charge on any atom is -0.274 e. The fourth-order valence-corrected chi connectivity index (χ4v) is 4.72. The van der Waals surface area contributed by atoms with E-state index < -0.39 is 0 Å². The first-order chi connectivity index (χ1) is 10.7. The van der Waals surface area contributed by atoms with Gasteiger partial charge in [0.05, 0.1) is 11.1 Å². The molecule has 2 heterocycles. The summed E-state index contributed by atoms with van der Waals surface area (Å²) in [5.74, 6) is 0.353. The fraction of sp³-hybridized carbons (Fsp3) is 0.471. The number of benzene rings is 1. The van der Waals surface area contributed by atoms with Crippen molar-refractivity contribution in [2.24, 2.45) is 10.3 Å². The Morgan fingerprint density at radius 3 is 2.64 bits per heavy atom. The van der Waals surface area contributed by atoms with Crippen LogP contribution in [0.2, 0.25) is 0 Å². The Kier molecular flexibility index (Phi) is 3.53.